The molecule has 2 heterocycles. The number of hydrogen-bond acceptors (Lipinski definition) is 9. The minimum atomic E-state index is -1.12. The zero-order valence-electron chi connectivity index (χ0n) is 25.4. The van der Waals surface area contributed by atoms with Crippen LogP contribution in [0.2, 0.25) is 0 Å². The van der Waals surface area contributed by atoms with Gasteiger partial charge in [0.2, 0.25) is 5.91 Å². The van der Waals surface area contributed by atoms with E-state index in [1.807, 2.05) is 91.0 Å². The highest BCUT2D eigenvalue weighted by atomic mass is 33.1. The van der Waals surface area contributed by atoms with E-state index in [0.717, 1.165) is 11.1 Å². The third-order valence-electron chi connectivity index (χ3n) is 7.41. The molecule has 47 heavy (non-hydrogen) atoms. The summed E-state index contributed by atoms with van der Waals surface area (Å²) in [5.41, 5.74) is 3.29. The van der Waals surface area contributed by atoms with Crippen molar-refractivity contribution in [1.29, 1.82) is 0 Å². The number of benzene rings is 4. The van der Waals surface area contributed by atoms with Crippen LogP contribution in [-0.4, -0.2) is 51.7 Å². The Balaban J connectivity index is 1.23. The lowest BCUT2D eigenvalue weighted by Gasteiger charge is -2.49. The molecule has 6 rings (SSSR count). The molecule has 1 aliphatic heterocycles. The lowest BCUT2D eigenvalue weighted by molar-refractivity contribution is -0.165. The monoisotopic (exact) mass is 665 g/mol. The number of amides is 2. The number of esters is 1. The van der Waals surface area contributed by atoms with Crippen molar-refractivity contribution in [3.05, 3.63) is 139 Å². The van der Waals surface area contributed by atoms with Crippen molar-refractivity contribution < 1.29 is 28.3 Å². The molecule has 9 nitrogen and oxygen atoms in total. The Hall–Kier alpha value is -5.00. The van der Waals surface area contributed by atoms with Crippen molar-refractivity contribution in [1.82, 2.24) is 15.2 Å². The van der Waals surface area contributed by atoms with Crippen molar-refractivity contribution in [3.8, 4) is 5.75 Å². The average molecular weight is 666 g/mol. The predicted molar refractivity (Wildman–Crippen MR) is 181 cm³/mol. The number of ether oxygens (including phenoxy) is 2. The largest absolute Gasteiger partial charge is 0.484 e. The van der Waals surface area contributed by atoms with Gasteiger partial charge in [-0.15, -0.1) is 0 Å². The Morgan fingerprint density at radius 3 is 2.13 bits per heavy atom. The quantitative estimate of drug-likeness (QED) is 0.0646. The average Bonchev–Trinajstić information content (AvgIpc) is 3.52. The molecule has 1 fully saturated rings. The van der Waals surface area contributed by atoms with Crippen LogP contribution in [0.3, 0.4) is 0 Å². The SMILES string of the molecule is C=C(C)C(C(=O)OC(c1ccccc1)c1ccccc1)N1C(=O)C(NC(=O)COc2ccccc2)C1SSc1nc2ccccc2o1. The predicted octanol–water partition coefficient (Wildman–Crippen LogP) is 6.58. The maximum absolute atomic E-state index is 14.0. The lowest BCUT2D eigenvalue weighted by atomic mass is 9.98. The number of para-hydroxylation sites is 3. The Morgan fingerprint density at radius 2 is 1.51 bits per heavy atom. The summed E-state index contributed by atoms with van der Waals surface area (Å²) >= 11 is 0. The number of fused-ring (bicyclic) bond motifs is 1. The maximum atomic E-state index is 14.0. The smallest absolute Gasteiger partial charge is 0.334 e. The van der Waals surface area contributed by atoms with Crippen LogP contribution in [0.1, 0.15) is 24.2 Å². The van der Waals surface area contributed by atoms with Crippen molar-refractivity contribution in [2.45, 2.75) is 35.7 Å². The zero-order chi connectivity index (χ0) is 32.8. The number of oxazole rings is 1. The number of nitrogens with one attached hydrogen (secondary N) is 1. The minimum Gasteiger partial charge on any atom is -0.484 e. The highest BCUT2D eigenvalue weighted by Crippen LogP contribution is 2.44. The topological polar surface area (TPSA) is 111 Å². The molecule has 2 amide bonds. The zero-order valence-corrected chi connectivity index (χ0v) is 27.0. The van der Waals surface area contributed by atoms with Crippen LogP contribution in [0.15, 0.2) is 137 Å². The standard InChI is InChI=1S/C36H31N3O6S2/c1-23(2)31(35(42)45-32(24-14-6-3-7-15-24)25-16-8-4-9-17-25)39-33(41)30(38-29(40)22-43-26-18-10-5-11-19-26)34(39)46-47-36-37-27-20-12-13-21-28(27)44-36/h3-21,30-32,34H,1,22H2,2H3,(H,38,40). The van der Waals surface area contributed by atoms with Crippen molar-refractivity contribution in [3.63, 3.8) is 0 Å². The Labute approximate surface area is 279 Å². The van der Waals surface area contributed by atoms with E-state index >= 15 is 0 Å². The number of rotatable bonds is 13. The molecule has 0 saturated carbocycles. The van der Waals surface area contributed by atoms with Crippen LogP contribution < -0.4 is 10.1 Å². The van der Waals surface area contributed by atoms with E-state index in [1.165, 1.54) is 26.5 Å². The Kier molecular flexibility index (Phi) is 9.94. The molecule has 0 spiro atoms. The van der Waals surface area contributed by atoms with Crippen LogP contribution in [0, 0.1) is 0 Å². The summed E-state index contributed by atoms with van der Waals surface area (Å²) in [4.78, 5) is 46.6. The highest BCUT2D eigenvalue weighted by molar-refractivity contribution is 8.76. The van der Waals surface area contributed by atoms with Crippen LogP contribution in [0.5, 0.6) is 5.75 Å². The number of aromatic nitrogens is 1. The molecule has 1 aromatic heterocycles. The third-order valence-corrected chi connectivity index (χ3v) is 9.83. The Morgan fingerprint density at radius 1 is 0.915 bits per heavy atom. The molecule has 4 aromatic carbocycles. The van der Waals surface area contributed by atoms with E-state index in [-0.39, 0.29) is 6.61 Å². The van der Waals surface area contributed by atoms with Gasteiger partial charge in [-0.05, 0) is 47.9 Å². The van der Waals surface area contributed by atoms with E-state index in [0.29, 0.717) is 27.6 Å². The number of carbonyl (C=O) groups excluding carboxylic acids is 3. The molecule has 5 aromatic rings. The fourth-order valence-electron chi connectivity index (χ4n) is 5.17. The lowest BCUT2D eigenvalue weighted by Crippen LogP contribution is -2.73. The van der Waals surface area contributed by atoms with Crippen molar-refractivity contribution in [2.24, 2.45) is 0 Å². The second kappa shape index (κ2) is 14.6. The van der Waals surface area contributed by atoms with Crippen LogP contribution in [0.25, 0.3) is 11.1 Å². The summed E-state index contributed by atoms with van der Waals surface area (Å²) in [6.07, 6.45) is -0.714. The van der Waals surface area contributed by atoms with E-state index in [1.54, 1.807) is 31.2 Å². The van der Waals surface area contributed by atoms with Crippen LogP contribution in [-0.2, 0) is 19.1 Å². The number of β-lactam (4-membered cyclic amide) rings is 1. The molecule has 3 atom stereocenters. The summed E-state index contributed by atoms with van der Waals surface area (Å²) in [6.45, 7) is 5.44. The van der Waals surface area contributed by atoms with Gasteiger partial charge in [-0.25, -0.2) is 9.78 Å². The first-order chi connectivity index (χ1) is 22.9. The van der Waals surface area contributed by atoms with Gasteiger partial charge in [0, 0.05) is 10.8 Å². The summed E-state index contributed by atoms with van der Waals surface area (Å²) in [5, 5.41) is 2.46. The molecular formula is C36H31N3O6S2. The molecular weight excluding hydrogens is 635 g/mol. The summed E-state index contributed by atoms with van der Waals surface area (Å²) in [6, 6.07) is 33.0. The number of likely N-dealkylation sites (tertiary alicyclic amines) is 1. The van der Waals surface area contributed by atoms with Crippen molar-refractivity contribution >= 4 is 50.5 Å². The molecule has 238 valence electrons. The first kappa shape index (κ1) is 32.0. The van der Waals surface area contributed by atoms with Gasteiger partial charge in [-0.3, -0.25) is 9.59 Å². The number of carbonyl (C=O) groups is 3. The van der Waals surface area contributed by atoms with Crippen molar-refractivity contribution in [2.75, 3.05) is 6.61 Å². The van der Waals surface area contributed by atoms with Crippen LogP contribution >= 0.6 is 21.6 Å². The highest BCUT2D eigenvalue weighted by Gasteiger charge is 2.54. The second-order valence-electron chi connectivity index (χ2n) is 10.8. The van der Waals surface area contributed by atoms with Gasteiger partial charge >= 0.3 is 5.97 Å². The number of nitrogens with zero attached hydrogens (tertiary/aromatic N) is 2. The molecule has 11 heteroatoms. The van der Waals surface area contributed by atoms with Gasteiger partial charge < -0.3 is 24.1 Å². The van der Waals surface area contributed by atoms with Gasteiger partial charge in [-0.2, -0.15) is 0 Å². The third kappa shape index (κ3) is 7.37. The number of hydrogen-bond donors (Lipinski definition) is 1. The molecule has 0 radical (unpaired) electrons. The first-order valence-corrected chi connectivity index (χ1v) is 17.0. The maximum Gasteiger partial charge on any atom is 0.334 e. The summed E-state index contributed by atoms with van der Waals surface area (Å²) in [5.74, 6) is -1.04. The van der Waals surface area contributed by atoms with E-state index < -0.39 is 41.3 Å². The van der Waals surface area contributed by atoms with Gasteiger partial charge in [0.1, 0.15) is 22.7 Å². The summed E-state index contributed by atoms with van der Waals surface area (Å²) < 4.78 is 17.6. The minimum absolute atomic E-state index is 0.286. The van der Waals surface area contributed by atoms with Gasteiger partial charge in [-0.1, -0.05) is 108 Å². The second-order valence-corrected chi connectivity index (χ2v) is 13.1. The Bertz CT molecular complexity index is 1800. The van der Waals surface area contributed by atoms with Crippen LogP contribution in [0.4, 0.5) is 0 Å². The normalized spacial score (nSPS) is 16.4. The fourth-order valence-corrected chi connectivity index (χ4v) is 7.59. The molecule has 1 aliphatic rings. The van der Waals surface area contributed by atoms with Gasteiger partial charge in [0.25, 0.3) is 11.1 Å². The van der Waals surface area contributed by atoms with E-state index in [4.69, 9.17) is 13.9 Å². The van der Waals surface area contributed by atoms with E-state index in [9.17, 15) is 14.4 Å². The fraction of sp³-hybridized carbons (Fsp3) is 0.167. The first-order valence-electron chi connectivity index (χ1n) is 14.8. The molecule has 3 unspecified atom stereocenters. The van der Waals surface area contributed by atoms with Gasteiger partial charge in [0.05, 0.1) is 0 Å². The molecule has 1 saturated heterocycles. The van der Waals surface area contributed by atoms with Gasteiger partial charge in [0.15, 0.2) is 24.3 Å². The molecule has 0 bridgehead atoms. The molecule has 0 aliphatic carbocycles. The summed E-state index contributed by atoms with van der Waals surface area (Å²) in [7, 11) is 2.45. The molecule has 1 N–H and O–H groups in total. The van der Waals surface area contributed by atoms with E-state index in [2.05, 4.69) is 16.9 Å².